The van der Waals surface area contributed by atoms with E-state index in [9.17, 15) is 13.2 Å². The molecule has 0 atom stereocenters. The Balaban J connectivity index is 2.48. The summed E-state index contributed by atoms with van der Waals surface area (Å²) in [5.74, 6) is -0.610. The lowest BCUT2D eigenvalue weighted by Gasteiger charge is -2.11. The molecule has 1 heterocycles. The minimum absolute atomic E-state index is 0.124. The molecule has 0 saturated carbocycles. The van der Waals surface area contributed by atoms with Gasteiger partial charge in [-0.2, -0.15) is 5.10 Å². The number of para-hydroxylation sites is 1. The minimum atomic E-state index is -3.87. The van der Waals surface area contributed by atoms with E-state index in [1.807, 2.05) is 6.92 Å². The van der Waals surface area contributed by atoms with Crippen LogP contribution in [-0.4, -0.2) is 31.3 Å². The van der Waals surface area contributed by atoms with Gasteiger partial charge in [-0.15, -0.1) is 0 Å². The average molecular weight is 337 g/mol. The standard InChI is InChI=1S/C15H19N3O4S/c1-5-18-11(3)14(10(2)16-18)23(20,21)17-13-9-7-6-8-12(13)15(19)22-4/h6-9,17H,5H2,1-4H3. The zero-order chi connectivity index (χ0) is 17.2. The van der Waals surface area contributed by atoms with Gasteiger partial charge in [-0.1, -0.05) is 12.1 Å². The van der Waals surface area contributed by atoms with E-state index in [0.717, 1.165) is 0 Å². The number of rotatable bonds is 5. The van der Waals surface area contributed by atoms with Crippen molar-refractivity contribution in [1.82, 2.24) is 9.78 Å². The van der Waals surface area contributed by atoms with Crippen molar-refractivity contribution in [1.29, 1.82) is 0 Å². The van der Waals surface area contributed by atoms with Gasteiger partial charge >= 0.3 is 5.97 Å². The maximum atomic E-state index is 12.7. The number of carbonyl (C=O) groups is 1. The van der Waals surface area contributed by atoms with E-state index in [1.165, 1.54) is 19.2 Å². The highest BCUT2D eigenvalue weighted by molar-refractivity contribution is 7.92. The zero-order valence-corrected chi connectivity index (χ0v) is 14.3. The molecular formula is C15H19N3O4S. The minimum Gasteiger partial charge on any atom is -0.465 e. The number of aryl methyl sites for hydroxylation is 2. The number of nitrogens with one attached hydrogen (secondary N) is 1. The molecule has 124 valence electrons. The van der Waals surface area contributed by atoms with Gasteiger partial charge in [-0.3, -0.25) is 9.40 Å². The Morgan fingerprint density at radius 3 is 2.52 bits per heavy atom. The van der Waals surface area contributed by atoms with Gasteiger partial charge in [0.1, 0.15) is 4.90 Å². The van der Waals surface area contributed by atoms with Crippen LogP contribution < -0.4 is 4.72 Å². The first-order valence-electron chi connectivity index (χ1n) is 7.06. The molecule has 0 unspecified atom stereocenters. The Bertz CT molecular complexity index is 840. The van der Waals surface area contributed by atoms with Gasteiger partial charge in [0, 0.05) is 6.54 Å². The van der Waals surface area contributed by atoms with Gasteiger partial charge in [-0.25, -0.2) is 13.2 Å². The predicted molar refractivity (Wildman–Crippen MR) is 86.0 cm³/mol. The number of sulfonamides is 1. The molecule has 0 aliphatic heterocycles. The van der Waals surface area contributed by atoms with Crippen LogP contribution in [0.3, 0.4) is 0 Å². The lowest BCUT2D eigenvalue weighted by molar-refractivity contribution is 0.0602. The van der Waals surface area contributed by atoms with Crippen molar-refractivity contribution in [2.75, 3.05) is 11.8 Å². The van der Waals surface area contributed by atoms with E-state index in [4.69, 9.17) is 0 Å². The van der Waals surface area contributed by atoms with E-state index >= 15 is 0 Å². The van der Waals surface area contributed by atoms with Crippen molar-refractivity contribution in [3.05, 3.63) is 41.2 Å². The van der Waals surface area contributed by atoms with Crippen LogP contribution in [0.2, 0.25) is 0 Å². The van der Waals surface area contributed by atoms with Crippen LogP contribution >= 0.6 is 0 Å². The van der Waals surface area contributed by atoms with Crippen molar-refractivity contribution >= 4 is 21.7 Å². The molecule has 0 fully saturated rings. The highest BCUT2D eigenvalue weighted by Gasteiger charge is 2.26. The Labute approximate surface area is 135 Å². The molecule has 1 aromatic heterocycles. The van der Waals surface area contributed by atoms with Gasteiger partial charge in [0.2, 0.25) is 0 Å². The molecule has 0 saturated heterocycles. The Morgan fingerprint density at radius 2 is 1.96 bits per heavy atom. The molecule has 23 heavy (non-hydrogen) atoms. The summed E-state index contributed by atoms with van der Waals surface area (Å²) in [5.41, 5.74) is 1.28. The molecule has 0 bridgehead atoms. The molecule has 0 radical (unpaired) electrons. The van der Waals surface area contributed by atoms with Crippen LogP contribution in [0.4, 0.5) is 5.69 Å². The second-order valence-corrected chi connectivity index (χ2v) is 6.58. The monoisotopic (exact) mass is 337 g/mol. The average Bonchev–Trinajstić information content (AvgIpc) is 2.81. The van der Waals surface area contributed by atoms with Gasteiger partial charge in [0.05, 0.1) is 29.7 Å². The topological polar surface area (TPSA) is 90.3 Å². The molecule has 0 aliphatic carbocycles. The number of nitrogens with zero attached hydrogens (tertiary/aromatic N) is 2. The third-order valence-corrected chi connectivity index (χ3v) is 5.08. The van der Waals surface area contributed by atoms with Crippen molar-refractivity contribution in [3.63, 3.8) is 0 Å². The van der Waals surface area contributed by atoms with Crippen LogP contribution in [-0.2, 0) is 21.3 Å². The first kappa shape index (κ1) is 17.0. The molecular weight excluding hydrogens is 318 g/mol. The number of aromatic nitrogens is 2. The van der Waals surface area contributed by atoms with Crippen LogP contribution in [0.25, 0.3) is 0 Å². The first-order valence-corrected chi connectivity index (χ1v) is 8.54. The third kappa shape index (κ3) is 3.21. The van der Waals surface area contributed by atoms with Gasteiger partial charge < -0.3 is 4.74 Å². The quantitative estimate of drug-likeness (QED) is 0.844. The smallest absolute Gasteiger partial charge is 0.339 e. The Kier molecular flexibility index (Phi) is 4.74. The summed E-state index contributed by atoms with van der Waals surface area (Å²) in [6.45, 7) is 5.79. The van der Waals surface area contributed by atoms with Crippen LogP contribution in [0.1, 0.15) is 28.7 Å². The molecule has 0 amide bonds. The van der Waals surface area contributed by atoms with Crippen LogP contribution in [0.5, 0.6) is 0 Å². The second-order valence-electron chi connectivity index (χ2n) is 4.96. The van der Waals surface area contributed by atoms with Crippen molar-refractivity contribution < 1.29 is 17.9 Å². The molecule has 7 nitrogen and oxygen atoms in total. The largest absolute Gasteiger partial charge is 0.465 e. The number of ether oxygens (including phenoxy) is 1. The fourth-order valence-corrected chi connectivity index (χ4v) is 3.93. The summed E-state index contributed by atoms with van der Waals surface area (Å²) in [4.78, 5) is 11.9. The Hall–Kier alpha value is -2.35. The number of hydrogen-bond donors (Lipinski definition) is 1. The molecule has 1 N–H and O–H groups in total. The SMILES string of the molecule is CCn1nc(C)c(S(=O)(=O)Nc2ccccc2C(=O)OC)c1C. The zero-order valence-electron chi connectivity index (χ0n) is 13.5. The first-order chi connectivity index (χ1) is 10.8. The van der Waals surface area contributed by atoms with E-state index in [-0.39, 0.29) is 16.1 Å². The molecule has 2 rings (SSSR count). The summed E-state index contributed by atoms with van der Waals surface area (Å²) in [7, 11) is -2.63. The summed E-state index contributed by atoms with van der Waals surface area (Å²) in [5, 5.41) is 4.22. The van der Waals surface area contributed by atoms with Crippen molar-refractivity contribution in [2.24, 2.45) is 0 Å². The van der Waals surface area contributed by atoms with Gasteiger partial charge in [0.15, 0.2) is 0 Å². The summed E-state index contributed by atoms with van der Waals surface area (Å²) >= 11 is 0. The van der Waals surface area contributed by atoms with Crippen molar-refractivity contribution in [3.8, 4) is 0 Å². The van der Waals surface area contributed by atoms with E-state index in [2.05, 4.69) is 14.6 Å². The molecule has 0 spiro atoms. The maximum absolute atomic E-state index is 12.7. The second kappa shape index (κ2) is 6.41. The highest BCUT2D eigenvalue weighted by atomic mass is 32.2. The molecule has 8 heteroatoms. The fourth-order valence-electron chi connectivity index (χ4n) is 2.43. The summed E-state index contributed by atoms with van der Waals surface area (Å²) < 4.78 is 34.2. The van der Waals surface area contributed by atoms with E-state index in [1.54, 1.807) is 30.7 Å². The fraction of sp³-hybridized carbons (Fsp3) is 0.333. The molecule has 0 aliphatic rings. The van der Waals surface area contributed by atoms with Gasteiger partial charge in [-0.05, 0) is 32.9 Å². The number of benzene rings is 1. The van der Waals surface area contributed by atoms with E-state index < -0.39 is 16.0 Å². The highest BCUT2D eigenvalue weighted by Crippen LogP contribution is 2.24. The van der Waals surface area contributed by atoms with E-state index in [0.29, 0.717) is 17.9 Å². The number of hydrogen-bond acceptors (Lipinski definition) is 5. The number of anilines is 1. The van der Waals surface area contributed by atoms with Crippen LogP contribution in [0, 0.1) is 13.8 Å². The predicted octanol–water partition coefficient (Wildman–Crippen LogP) is 2.11. The number of esters is 1. The lowest BCUT2D eigenvalue weighted by Crippen LogP contribution is -2.17. The molecule has 1 aromatic carbocycles. The Morgan fingerprint density at radius 1 is 1.30 bits per heavy atom. The number of carbonyl (C=O) groups excluding carboxylic acids is 1. The molecule has 2 aromatic rings. The van der Waals surface area contributed by atoms with Crippen LogP contribution in [0.15, 0.2) is 29.2 Å². The van der Waals surface area contributed by atoms with Gasteiger partial charge in [0.25, 0.3) is 10.0 Å². The maximum Gasteiger partial charge on any atom is 0.339 e. The normalized spacial score (nSPS) is 11.3. The third-order valence-electron chi connectivity index (χ3n) is 3.46. The number of methoxy groups -OCH3 is 1. The van der Waals surface area contributed by atoms with Crippen molar-refractivity contribution in [2.45, 2.75) is 32.2 Å². The summed E-state index contributed by atoms with van der Waals surface area (Å²) in [6, 6.07) is 6.28. The lowest BCUT2D eigenvalue weighted by atomic mass is 10.2. The summed E-state index contributed by atoms with van der Waals surface area (Å²) in [6.07, 6.45) is 0.